The Labute approximate surface area is 187 Å². The molecule has 0 aliphatic carbocycles. The summed E-state index contributed by atoms with van der Waals surface area (Å²) in [6.45, 7) is 0.0683. The maximum Gasteiger partial charge on any atom is 0.349 e. The Hall–Kier alpha value is -4.66. The Bertz CT molecular complexity index is 1490. The third-order valence-corrected chi connectivity index (χ3v) is 4.88. The van der Waals surface area contributed by atoms with Crippen LogP contribution in [0.15, 0.2) is 81.4 Å². The van der Waals surface area contributed by atoms with Crippen molar-refractivity contribution in [2.24, 2.45) is 5.10 Å². The molecule has 0 saturated carbocycles. The van der Waals surface area contributed by atoms with Crippen LogP contribution in [0.1, 0.15) is 21.5 Å². The molecule has 0 bridgehead atoms. The standard InChI is InChI=1S/C24H19N3O6/c1-32-20-11-5-8-17(21(20)33-14-15-6-4-7-16(12-15)23(29)30)13-25-27-22(28)18-9-2-3-10-19(18)26-24(27)31/h2-13H,14H2,1H3,(H,26,31)(H,29,30). The largest absolute Gasteiger partial charge is 0.493 e. The fourth-order valence-corrected chi connectivity index (χ4v) is 3.28. The van der Waals surface area contributed by atoms with E-state index in [4.69, 9.17) is 9.47 Å². The Morgan fingerprint density at radius 3 is 2.67 bits per heavy atom. The van der Waals surface area contributed by atoms with E-state index in [1.807, 2.05) is 0 Å². The summed E-state index contributed by atoms with van der Waals surface area (Å²) in [6, 6.07) is 18.1. The zero-order valence-electron chi connectivity index (χ0n) is 17.5. The van der Waals surface area contributed by atoms with Gasteiger partial charge in [-0.3, -0.25) is 4.79 Å². The molecule has 0 radical (unpaired) electrons. The fourth-order valence-electron chi connectivity index (χ4n) is 3.28. The van der Waals surface area contributed by atoms with Gasteiger partial charge in [-0.15, -0.1) is 4.68 Å². The van der Waals surface area contributed by atoms with Gasteiger partial charge in [-0.1, -0.05) is 30.3 Å². The number of carboxylic acid groups (broad SMARTS) is 1. The van der Waals surface area contributed by atoms with E-state index in [0.29, 0.717) is 33.5 Å². The van der Waals surface area contributed by atoms with E-state index in [9.17, 15) is 19.5 Å². The minimum absolute atomic E-state index is 0.0683. The van der Waals surface area contributed by atoms with Gasteiger partial charge in [0.2, 0.25) is 0 Å². The number of aromatic amines is 1. The van der Waals surface area contributed by atoms with Gasteiger partial charge in [-0.25, -0.2) is 9.59 Å². The first-order valence-corrected chi connectivity index (χ1v) is 9.88. The van der Waals surface area contributed by atoms with Crippen molar-refractivity contribution in [2.75, 3.05) is 7.11 Å². The monoisotopic (exact) mass is 445 g/mol. The van der Waals surface area contributed by atoms with Gasteiger partial charge in [0.05, 0.1) is 29.8 Å². The lowest BCUT2D eigenvalue weighted by molar-refractivity contribution is 0.0696. The van der Waals surface area contributed by atoms with Gasteiger partial charge < -0.3 is 19.6 Å². The molecule has 166 valence electrons. The summed E-state index contributed by atoms with van der Waals surface area (Å²) in [4.78, 5) is 38.9. The number of carboxylic acids is 1. The zero-order valence-corrected chi connectivity index (χ0v) is 17.5. The SMILES string of the molecule is COc1cccc(C=Nn2c(=O)[nH]c3ccccc3c2=O)c1OCc1cccc(C(=O)O)c1. The van der Waals surface area contributed by atoms with E-state index in [-0.39, 0.29) is 12.2 Å². The van der Waals surface area contributed by atoms with Crippen molar-refractivity contribution in [3.8, 4) is 11.5 Å². The molecule has 0 fully saturated rings. The van der Waals surface area contributed by atoms with Crippen LogP contribution in [0.3, 0.4) is 0 Å². The molecule has 2 N–H and O–H groups in total. The van der Waals surface area contributed by atoms with Crippen molar-refractivity contribution in [3.63, 3.8) is 0 Å². The molecule has 0 atom stereocenters. The van der Waals surface area contributed by atoms with Crippen LogP contribution in [0, 0.1) is 0 Å². The lowest BCUT2D eigenvalue weighted by Gasteiger charge is -2.13. The summed E-state index contributed by atoms with van der Waals surface area (Å²) in [5, 5.41) is 13.6. The number of H-pyrrole nitrogens is 1. The van der Waals surface area contributed by atoms with Crippen LogP contribution in [0.2, 0.25) is 0 Å². The van der Waals surface area contributed by atoms with E-state index in [1.54, 1.807) is 54.6 Å². The first-order chi connectivity index (χ1) is 16.0. The second-order valence-corrected chi connectivity index (χ2v) is 7.01. The number of nitrogens with one attached hydrogen (secondary N) is 1. The van der Waals surface area contributed by atoms with Crippen LogP contribution in [0.4, 0.5) is 0 Å². The first-order valence-electron chi connectivity index (χ1n) is 9.88. The van der Waals surface area contributed by atoms with E-state index in [2.05, 4.69) is 10.1 Å². The van der Waals surface area contributed by atoms with Crippen LogP contribution in [-0.4, -0.2) is 34.1 Å². The van der Waals surface area contributed by atoms with Crippen molar-refractivity contribution in [1.29, 1.82) is 0 Å². The highest BCUT2D eigenvalue weighted by Crippen LogP contribution is 2.31. The molecule has 0 unspecified atom stereocenters. The number of para-hydroxylation sites is 2. The van der Waals surface area contributed by atoms with Crippen LogP contribution in [0.25, 0.3) is 10.9 Å². The smallest absolute Gasteiger partial charge is 0.349 e. The first kappa shape index (κ1) is 21.6. The average Bonchev–Trinajstić information content (AvgIpc) is 2.83. The van der Waals surface area contributed by atoms with Crippen LogP contribution in [-0.2, 0) is 6.61 Å². The molecule has 4 rings (SSSR count). The van der Waals surface area contributed by atoms with Gasteiger partial charge in [0.25, 0.3) is 5.56 Å². The van der Waals surface area contributed by atoms with E-state index < -0.39 is 17.2 Å². The predicted octanol–water partition coefficient (Wildman–Crippen LogP) is 2.86. The molecule has 1 aromatic heterocycles. The summed E-state index contributed by atoms with van der Waals surface area (Å²) in [5.74, 6) is -0.295. The number of hydrogen-bond acceptors (Lipinski definition) is 6. The van der Waals surface area contributed by atoms with Gasteiger partial charge in [-0.05, 0) is 42.0 Å². The lowest BCUT2D eigenvalue weighted by Crippen LogP contribution is -2.32. The second-order valence-electron chi connectivity index (χ2n) is 7.01. The highest BCUT2D eigenvalue weighted by molar-refractivity contribution is 5.87. The number of nitrogens with zero attached hydrogens (tertiary/aromatic N) is 2. The maximum atomic E-state index is 12.7. The zero-order chi connectivity index (χ0) is 23.4. The molecule has 3 aromatic carbocycles. The number of aromatic nitrogens is 2. The van der Waals surface area contributed by atoms with Gasteiger partial charge in [-0.2, -0.15) is 5.10 Å². The van der Waals surface area contributed by atoms with Gasteiger partial charge in [0.1, 0.15) is 6.61 Å². The predicted molar refractivity (Wildman–Crippen MR) is 123 cm³/mol. The fraction of sp³-hybridized carbons (Fsp3) is 0.0833. The lowest BCUT2D eigenvalue weighted by atomic mass is 10.1. The van der Waals surface area contributed by atoms with E-state index >= 15 is 0 Å². The Morgan fingerprint density at radius 1 is 1.09 bits per heavy atom. The topological polar surface area (TPSA) is 123 Å². The number of fused-ring (bicyclic) bond motifs is 1. The third kappa shape index (κ3) is 4.52. The summed E-state index contributed by atoms with van der Waals surface area (Å²) in [5.41, 5.74) is 0.446. The van der Waals surface area contributed by atoms with Gasteiger partial charge in [0, 0.05) is 5.56 Å². The Morgan fingerprint density at radius 2 is 1.88 bits per heavy atom. The molecule has 4 aromatic rings. The van der Waals surface area contributed by atoms with Crippen LogP contribution in [0.5, 0.6) is 11.5 Å². The van der Waals surface area contributed by atoms with E-state index in [0.717, 1.165) is 4.68 Å². The van der Waals surface area contributed by atoms with Crippen molar-refractivity contribution in [3.05, 3.63) is 104 Å². The Kier molecular flexibility index (Phi) is 6.03. The van der Waals surface area contributed by atoms with Gasteiger partial charge >= 0.3 is 11.7 Å². The number of methoxy groups -OCH3 is 1. The number of ether oxygens (including phenoxy) is 2. The highest BCUT2D eigenvalue weighted by atomic mass is 16.5. The van der Waals surface area contributed by atoms with Crippen LogP contribution >= 0.6 is 0 Å². The molecule has 0 saturated heterocycles. The minimum Gasteiger partial charge on any atom is -0.493 e. The number of carbonyl (C=O) groups is 1. The number of hydrogen-bond donors (Lipinski definition) is 2. The number of rotatable bonds is 7. The molecule has 1 heterocycles. The second kappa shape index (κ2) is 9.23. The summed E-state index contributed by atoms with van der Waals surface area (Å²) < 4.78 is 12.0. The van der Waals surface area contributed by atoms with Crippen molar-refractivity contribution >= 4 is 23.1 Å². The van der Waals surface area contributed by atoms with Crippen LogP contribution < -0.4 is 20.7 Å². The molecule has 9 nitrogen and oxygen atoms in total. The number of benzene rings is 3. The summed E-state index contributed by atoms with van der Waals surface area (Å²) in [6.07, 6.45) is 1.33. The molecular weight excluding hydrogens is 426 g/mol. The normalized spacial score (nSPS) is 11.1. The molecule has 0 aliphatic heterocycles. The summed E-state index contributed by atoms with van der Waals surface area (Å²) >= 11 is 0. The minimum atomic E-state index is -1.03. The molecule has 9 heteroatoms. The molecule has 0 aliphatic rings. The van der Waals surface area contributed by atoms with Crippen molar-refractivity contribution in [2.45, 2.75) is 6.61 Å². The Balaban J connectivity index is 1.68. The molecule has 0 amide bonds. The summed E-state index contributed by atoms with van der Waals surface area (Å²) in [7, 11) is 1.48. The molecular formula is C24H19N3O6. The average molecular weight is 445 g/mol. The number of aromatic carboxylic acids is 1. The molecule has 33 heavy (non-hydrogen) atoms. The third-order valence-electron chi connectivity index (χ3n) is 4.88. The quantitative estimate of drug-likeness (QED) is 0.422. The van der Waals surface area contributed by atoms with Crippen molar-refractivity contribution < 1.29 is 19.4 Å². The van der Waals surface area contributed by atoms with Gasteiger partial charge in [0.15, 0.2) is 11.5 Å². The molecule has 0 spiro atoms. The maximum absolute atomic E-state index is 12.7. The van der Waals surface area contributed by atoms with Crippen molar-refractivity contribution in [1.82, 2.24) is 9.66 Å². The van der Waals surface area contributed by atoms with E-state index in [1.165, 1.54) is 25.5 Å². The highest BCUT2D eigenvalue weighted by Gasteiger charge is 2.12.